The van der Waals surface area contributed by atoms with Crippen LogP contribution < -0.4 is 5.32 Å². The number of allylic oxidation sites excluding steroid dienone is 1. The van der Waals surface area contributed by atoms with Crippen molar-refractivity contribution in [3.63, 3.8) is 0 Å². The van der Waals surface area contributed by atoms with Gasteiger partial charge >= 0.3 is 0 Å². The third-order valence-corrected chi connectivity index (χ3v) is 3.95. The molecular formula is C16H19NO. The molecule has 3 rings (SSSR count). The Morgan fingerprint density at radius 1 is 1.06 bits per heavy atom. The highest BCUT2D eigenvalue weighted by Gasteiger charge is 2.29. The summed E-state index contributed by atoms with van der Waals surface area (Å²) in [6.07, 6.45) is 9.29. The van der Waals surface area contributed by atoms with Crippen molar-refractivity contribution in [1.29, 1.82) is 0 Å². The number of benzene rings is 1. The van der Waals surface area contributed by atoms with Crippen LogP contribution in [0.3, 0.4) is 0 Å². The van der Waals surface area contributed by atoms with Crippen molar-refractivity contribution in [2.75, 3.05) is 5.32 Å². The second-order valence-electron chi connectivity index (χ2n) is 5.22. The summed E-state index contributed by atoms with van der Waals surface area (Å²) in [5.41, 5.74) is 2.83. The lowest BCUT2D eigenvalue weighted by molar-refractivity contribution is 0.102. The Morgan fingerprint density at radius 2 is 1.89 bits per heavy atom. The Hall–Kier alpha value is -1.57. The summed E-state index contributed by atoms with van der Waals surface area (Å²) in [5.74, 6) is 0.233. The monoisotopic (exact) mass is 241 g/mol. The molecule has 0 fully saturated rings. The van der Waals surface area contributed by atoms with Crippen LogP contribution in [0.1, 0.15) is 48.9 Å². The molecule has 2 heteroatoms. The molecule has 0 aromatic heterocycles. The summed E-state index contributed by atoms with van der Waals surface area (Å²) >= 11 is 0. The SMILES string of the molecule is O=C1/C2=C/CCCCCCC2Nc2ccccc21. The van der Waals surface area contributed by atoms with Gasteiger partial charge in [0.1, 0.15) is 0 Å². The van der Waals surface area contributed by atoms with E-state index in [4.69, 9.17) is 0 Å². The van der Waals surface area contributed by atoms with Crippen LogP contribution in [-0.2, 0) is 0 Å². The van der Waals surface area contributed by atoms with Crippen molar-refractivity contribution >= 4 is 11.5 Å². The van der Waals surface area contributed by atoms with Gasteiger partial charge in [-0.2, -0.15) is 0 Å². The summed E-state index contributed by atoms with van der Waals surface area (Å²) in [6.45, 7) is 0. The van der Waals surface area contributed by atoms with Gasteiger partial charge in [0, 0.05) is 16.8 Å². The summed E-state index contributed by atoms with van der Waals surface area (Å²) in [7, 11) is 0. The van der Waals surface area contributed by atoms with Crippen LogP contribution in [0.25, 0.3) is 0 Å². The van der Waals surface area contributed by atoms with Gasteiger partial charge in [0.2, 0.25) is 0 Å². The van der Waals surface area contributed by atoms with E-state index in [2.05, 4.69) is 11.4 Å². The van der Waals surface area contributed by atoms with Crippen molar-refractivity contribution in [1.82, 2.24) is 0 Å². The number of hydrogen-bond acceptors (Lipinski definition) is 2. The molecule has 1 aromatic rings. The number of nitrogens with one attached hydrogen (secondary N) is 1. The molecule has 1 atom stereocenters. The topological polar surface area (TPSA) is 29.1 Å². The Bertz CT molecular complexity index is 490. The molecule has 0 saturated heterocycles. The maximum atomic E-state index is 12.5. The highest BCUT2D eigenvalue weighted by Crippen LogP contribution is 2.31. The molecular weight excluding hydrogens is 222 g/mol. The van der Waals surface area contributed by atoms with E-state index in [0.29, 0.717) is 0 Å². The molecule has 18 heavy (non-hydrogen) atoms. The van der Waals surface area contributed by atoms with Gasteiger partial charge < -0.3 is 5.32 Å². The van der Waals surface area contributed by atoms with Crippen LogP contribution in [-0.4, -0.2) is 11.8 Å². The van der Waals surface area contributed by atoms with Gasteiger partial charge in [-0.3, -0.25) is 4.79 Å². The summed E-state index contributed by atoms with van der Waals surface area (Å²) < 4.78 is 0. The molecule has 0 amide bonds. The van der Waals surface area contributed by atoms with Crippen LogP contribution in [0, 0.1) is 0 Å². The third-order valence-electron chi connectivity index (χ3n) is 3.95. The summed E-state index contributed by atoms with van der Waals surface area (Å²) in [5, 5.41) is 3.54. The van der Waals surface area contributed by atoms with Crippen molar-refractivity contribution < 1.29 is 4.79 Å². The van der Waals surface area contributed by atoms with Gasteiger partial charge in [0.25, 0.3) is 0 Å². The van der Waals surface area contributed by atoms with Gasteiger partial charge in [-0.1, -0.05) is 37.5 Å². The Kier molecular flexibility index (Phi) is 3.18. The fraction of sp³-hybridized carbons (Fsp3) is 0.438. The van der Waals surface area contributed by atoms with E-state index >= 15 is 0 Å². The zero-order valence-corrected chi connectivity index (χ0v) is 10.6. The Labute approximate surface area is 108 Å². The number of fused-ring (bicyclic) bond motifs is 2. The van der Waals surface area contributed by atoms with Crippen molar-refractivity contribution in [2.45, 2.75) is 44.6 Å². The molecule has 2 aliphatic rings. The molecule has 2 nitrogen and oxygen atoms in total. The molecule has 0 saturated carbocycles. The number of anilines is 1. The number of ketones is 1. The molecule has 1 N–H and O–H groups in total. The van der Waals surface area contributed by atoms with Crippen LogP contribution in [0.2, 0.25) is 0 Å². The van der Waals surface area contributed by atoms with E-state index in [9.17, 15) is 4.79 Å². The molecule has 0 bridgehead atoms. The van der Waals surface area contributed by atoms with E-state index in [-0.39, 0.29) is 11.8 Å². The van der Waals surface area contributed by atoms with E-state index in [1.54, 1.807) is 0 Å². The minimum atomic E-state index is 0.227. The first-order chi connectivity index (χ1) is 8.86. The predicted molar refractivity (Wildman–Crippen MR) is 74.0 cm³/mol. The number of carbonyl (C=O) groups excluding carboxylic acids is 1. The minimum absolute atomic E-state index is 0.227. The number of carbonyl (C=O) groups is 1. The summed E-state index contributed by atoms with van der Waals surface area (Å²) in [4.78, 5) is 12.5. The zero-order chi connectivity index (χ0) is 12.4. The Morgan fingerprint density at radius 3 is 2.83 bits per heavy atom. The van der Waals surface area contributed by atoms with Gasteiger partial charge in [-0.05, 0) is 31.4 Å². The van der Waals surface area contributed by atoms with Crippen molar-refractivity contribution in [3.8, 4) is 0 Å². The quantitative estimate of drug-likeness (QED) is 0.745. The standard InChI is InChI=1S/C16H19NO/c18-16-12-8-4-2-1-3-5-10-14(12)17-15-11-7-6-9-13(15)16/h6-9,11,14,17H,1-5,10H2/b12-8+. The number of hydrogen-bond donors (Lipinski definition) is 1. The molecule has 0 spiro atoms. The van der Waals surface area contributed by atoms with E-state index in [1.807, 2.05) is 24.3 Å². The number of Topliss-reactive ketones (excluding diaryl/α,β-unsaturated/α-hetero) is 1. The maximum Gasteiger partial charge on any atom is 0.192 e. The smallest absolute Gasteiger partial charge is 0.192 e. The van der Waals surface area contributed by atoms with E-state index in [0.717, 1.165) is 29.7 Å². The van der Waals surface area contributed by atoms with Crippen molar-refractivity contribution in [2.24, 2.45) is 0 Å². The first kappa shape index (κ1) is 11.5. The van der Waals surface area contributed by atoms with Crippen LogP contribution >= 0.6 is 0 Å². The van der Waals surface area contributed by atoms with Gasteiger partial charge in [0.05, 0.1) is 6.04 Å². The summed E-state index contributed by atoms with van der Waals surface area (Å²) in [6, 6.07) is 8.09. The minimum Gasteiger partial charge on any atom is -0.378 e. The number of rotatable bonds is 0. The molecule has 94 valence electrons. The average molecular weight is 241 g/mol. The third kappa shape index (κ3) is 2.07. The van der Waals surface area contributed by atoms with Crippen LogP contribution in [0.5, 0.6) is 0 Å². The van der Waals surface area contributed by atoms with E-state index in [1.165, 1.54) is 25.7 Å². The Balaban J connectivity index is 1.98. The molecule has 1 aliphatic heterocycles. The van der Waals surface area contributed by atoms with Crippen LogP contribution in [0.15, 0.2) is 35.9 Å². The highest BCUT2D eigenvalue weighted by molar-refractivity contribution is 6.15. The van der Waals surface area contributed by atoms with Gasteiger partial charge in [-0.15, -0.1) is 0 Å². The fourth-order valence-electron chi connectivity index (χ4n) is 2.95. The average Bonchev–Trinajstić information content (AvgIpc) is 2.51. The molecule has 1 heterocycles. The van der Waals surface area contributed by atoms with Crippen LogP contribution in [0.4, 0.5) is 5.69 Å². The maximum absolute atomic E-state index is 12.5. The molecule has 1 unspecified atom stereocenters. The predicted octanol–water partition coefficient (Wildman–Crippen LogP) is 3.94. The van der Waals surface area contributed by atoms with Crippen molar-refractivity contribution in [3.05, 3.63) is 41.5 Å². The van der Waals surface area contributed by atoms with Gasteiger partial charge in [0.15, 0.2) is 5.78 Å². The first-order valence-corrected chi connectivity index (χ1v) is 6.96. The lowest BCUT2D eigenvalue weighted by atomic mass is 9.88. The van der Waals surface area contributed by atoms with E-state index < -0.39 is 0 Å². The zero-order valence-electron chi connectivity index (χ0n) is 10.6. The second kappa shape index (κ2) is 4.97. The second-order valence-corrected chi connectivity index (χ2v) is 5.22. The van der Waals surface area contributed by atoms with Gasteiger partial charge in [-0.25, -0.2) is 0 Å². The fourth-order valence-corrected chi connectivity index (χ4v) is 2.95. The molecule has 1 aliphatic carbocycles. The normalized spacial score (nSPS) is 26.6. The highest BCUT2D eigenvalue weighted by atomic mass is 16.1. The molecule has 1 aromatic carbocycles. The largest absolute Gasteiger partial charge is 0.378 e. The lowest BCUT2D eigenvalue weighted by Crippen LogP contribution is -2.32. The molecule has 0 radical (unpaired) electrons. The lowest BCUT2D eigenvalue weighted by Gasteiger charge is -2.28. The number of para-hydroxylation sites is 1. The first-order valence-electron chi connectivity index (χ1n) is 6.96.